The molecule has 0 spiro atoms. The highest BCUT2D eigenvalue weighted by Crippen LogP contribution is 2.32. The molecule has 0 fully saturated rings. The van der Waals surface area contributed by atoms with E-state index >= 15 is 0 Å². The molecule has 0 aliphatic carbocycles. The molecule has 0 saturated heterocycles. The topological polar surface area (TPSA) is 69.9 Å². The number of nitrogens with zero attached hydrogens (tertiary/aromatic N) is 2. The first-order valence-electron chi connectivity index (χ1n) is 7.39. The fraction of sp³-hybridized carbons (Fsp3) is 0.235. The van der Waals surface area contributed by atoms with Gasteiger partial charge in [0.15, 0.2) is 11.2 Å². The first-order chi connectivity index (χ1) is 11.6. The predicted molar refractivity (Wildman–Crippen MR) is 91.1 cm³/mol. The number of aromatic nitrogens is 2. The van der Waals surface area contributed by atoms with Crippen LogP contribution in [0.1, 0.15) is 32.8 Å². The SMILES string of the molecule is CCOC(=O)c1sc2nc(-c3cccc(OC)c3)c(C=O)n2c1C. The average molecular weight is 344 g/mol. The van der Waals surface area contributed by atoms with Gasteiger partial charge in [-0.1, -0.05) is 23.5 Å². The second-order valence-electron chi connectivity index (χ2n) is 5.05. The number of imidazole rings is 1. The normalized spacial score (nSPS) is 10.8. The fourth-order valence-corrected chi connectivity index (χ4v) is 3.58. The van der Waals surface area contributed by atoms with E-state index in [2.05, 4.69) is 4.98 Å². The molecule has 0 bridgehead atoms. The van der Waals surface area contributed by atoms with Crippen LogP contribution in [0.15, 0.2) is 24.3 Å². The van der Waals surface area contributed by atoms with Crippen LogP contribution in [0.4, 0.5) is 0 Å². The molecule has 3 rings (SSSR count). The number of rotatable bonds is 5. The number of aldehydes is 1. The molecule has 0 saturated carbocycles. The highest BCUT2D eigenvalue weighted by atomic mass is 32.1. The molecule has 2 heterocycles. The molecule has 0 amide bonds. The maximum absolute atomic E-state index is 12.0. The third-order valence-corrected chi connectivity index (χ3v) is 4.78. The number of hydrogen-bond acceptors (Lipinski definition) is 6. The van der Waals surface area contributed by atoms with Gasteiger partial charge in [0, 0.05) is 11.3 Å². The van der Waals surface area contributed by atoms with E-state index in [-0.39, 0.29) is 0 Å². The Kier molecular flexibility index (Phi) is 4.35. The van der Waals surface area contributed by atoms with Crippen molar-refractivity contribution in [2.75, 3.05) is 13.7 Å². The summed E-state index contributed by atoms with van der Waals surface area (Å²) in [5, 5.41) is 0. The molecular weight excluding hydrogens is 328 g/mol. The molecule has 0 N–H and O–H groups in total. The molecule has 3 aromatic rings. The van der Waals surface area contributed by atoms with Crippen LogP contribution in [0.3, 0.4) is 0 Å². The van der Waals surface area contributed by atoms with Crippen LogP contribution in [0.25, 0.3) is 16.2 Å². The van der Waals surface area contributed by atoms with Crippen molar-refractivity contribution in [2.24, 2.45) is 0 Å². The zero-order valence-electron chi connectivity index (χ0n) is 13.5. The van der Waals surface area contributed by atoms with Crippen LogP contribution in [0, 0.1) is 6.92 Å². The number of thiazole rings is 1. The molecule has 0 unspecified atom stereocenters. The van der Waals surface area contributed by atoms with Gasteiger partial charge < -0.3 is 9.47 Å². The number of aryl methyl sites for hydroxylation is 1. The van der Waals surface area contributed by atoms with Crippen molar-refractivity contribution in [3.8, 4) is 17.0 Å². The number of fused-ring (bicyclic) bond motifs is 1. The Balaban J connectivity index is 2.18. The Morgan fingerprint density at radius 2 is 2.21 bits per heavy atom. The summed E-state index contributed by atoms with van der Waals surface area (Å²) >= 11 is 1.21. The summed E-state index contributed by atoms with van der Waals surface area (Å²) in [6.45, 7) is 3.83. The smallest absolute Gasteiger partial charge is 0.350 e. The van der Waals surface area contributed by atoms with Crippen molar-refractivity contribution in [2.45, 2.75) is 13.8 Å². The summed E-state index contributed by atoms with van der Waals surface area (Å²) < 4.78 is 12.0. The van der Waals surface area contributed by atoms with E-state index in [1.807, 2.05) is 24.3 Å². The minimum Gasteiger partial charge on any atom is -0.497 e. The number of esters is 1. The molecule has 0 atom stereocenters. The maximum Gasteiger partial charge on any atom is 0.350 e. The van der Waals surface area contributed by atoms with E-state index in [1.54, 1.807) is 25.4 Å². The molecule has 0 aliphatic rings. The average Bonchev–Trinajstić information content (AvgIpc) is 3.12. The molecule has 2 aromatic heterocycles. The number of carbonyl (C=O) groups is 2. The molecule has 0 aliphatic heterocycles. The van der Waals surface area contributed by atoms with Crippen molar-refractivity contribution in [3.63, 3.8) is 0 Å². The van der Waals surface area contributed by atoms with Gasteiger partial charge >= 0.3 is 5.97 Å². The lowest BCUT2D eigenvalue weighted by Gasteiger charge is -2.04. The van der Waals surface area contributed by atoms with E-state index in [9.17, 15) is 9.59 Å². The first-order valence-corrected chi connectivity index (χ1v) is 8.20. The Morgan fingerprint density at radius 1 is 1.42 bits per heavy atom. The summed E-state index contributed by atoms with van der Waals surface area (Å²) in [4.78, 5) is 29.3. The van der Waals surface area contributed by atoms with Crippen LogP contribution >= 0.6 is 11.3 Å². The first kappa shape index (κ1) is 16.2. The zero-order chi connectivity index (χ0) is 17.3. The van der Waals surface area contributed by atoms with Gasteiger partial charge in [0.1, 0.15) is 22.0 Å². The molecule has 124 valence electrons. The van der Waals surface area contributed by atoms with Crippen LogP contribution in [0.5, 0.6) is 5.75 Å². The Morgan fingerprint density at radius 3 is 2.88 bits per heavy atom. The second kappa shape index (κ2) is 6.45. The van der Waals surface area contributed by atoms with Gasteiger partial charge in [-0.05, 0) is 26.0 Å². The van der Waals surface area contributed by atoms with Gasteiger partial charge in [0.2, 0.25) is 0 Å². The molecule has 7 heteroatoms. The highest BCUT2D eigenvalue weighted by molar-refractivity contribution is 7.19. The Hall–Kier alpha value is -2.67. The monoisotopic (exact) mass is 344 g/mol. The van der Waals surface area contributed by atoms with Crippen molar-refractivity contribution >= 4 is 28.6 Å². The van der Waals surface area contributed by atoms with Gasteiger partial charge in [-0.15, -0.1) is 0 Å². The van der Waals surface area contributed by atoms with E-state index in [4.69, 9.17) is 9.47 Å². The summed E-state index contributed by atoms with van der Waals surface area (Å²) in [7, 11) is 1.58. The zero-order valence-corrected chi connectivity index (χ0v) is 14.3. The van der Waals surface area contributed by atoms with Crippen molar-refractivity contribution in [3.05, 3.63) is 40.5 Å². The third-order valence-electron chi connectivity index (χ3n) is 3.66. The van der Waals surface area contributed by atoms with Crippen LogP contribution in [-0.2, 0) is 4.74 Å². The number of ether oxygens (including phenoxy) is 2. The van der Waals surface area contributed by atoms with E-state index in [0.717, 1.165) is 11.8 Å². The van der Waals surface area contributed by atoms with Crippen LogP contribution in [0.2, 0.25) is 0 Å². The van der Waals surface area contributed by atoms with Crippen molar-refractivity contribution < 1.29 is 19.1 Å². The van der Waals surface area contributed by atoms with E-state index < -0.39 is 5.97 Å². The lowest BCUT2D eigenvalue weighted by molar-refractivity contribution is 0.0530. The van der Waals surface area contributed by atoms with Gasteiger partial charge in [-0.25, -0.2) is 9.78 Å². The van der Waals surface area contributed by atoms with E-state index in [0.29, 0.717) is 39.3 Å². The largest absolute Gasteiger partial charge is 0.497 e. The fourth-order valence-electron chi connectivity index (χ4n) is 2.55. The number of hydrogen-bond donors (Lipinski definition) is 0. The van der Waals surface area contributed by atoms with Gasteiger partial charge in [-0.3, -0.25) is 9.20 Å². The van der Waals surface area contributed by atoms with Crippen LogP contribution < -0.4 is 4.74 Å². The summed E-state index contributed by atoms with van der Waals surface area (Å²) in [5.74, 6) is 0.287. The third kappa shape index (κ3) is 2.56. The van der Waals surface area contributed by atoms with E-state index in [1.165, 1.54) is 11.3 Å². The minimum atomic E-state index is -0.398. The van der Waals surface area contributed by atoms with Crippen LogP contribution in [-0.4, -0.2) is 35.4 Å². The number of carbonyl (C=O) groups excluding carboxylic acids is 2. The standard InChI is InChI=1S/C17H16N2O4S/c1-4-23-16(21)15-10(2)19-13(9-20)14(18-17(19)24-15)11-6-5-7-12(8-11)22-3/h5-9H,4H2,1-3H3. The Labute approximate surface area is 142 Å². The molecule has 24 heavy (non-hydrogen) atoms. The second-order valence-corrected chi connectivity index (χ2v) is 6.03. The van der Waals surface area contributed by atoms with Gasteiger partial charge in [0.05, 0.1) is 13.7 Å². The quantitative estimate of drug-likeness (QED) is 0.524. The highest BCUT2D eigenvalue weighted by Gasteiger charge is 2.23. The summed E-state index contributed by atoms with van der Waals surface area (Å²) in [5.41, 5.74) is 2.40. The summed E-state index contributed by atoms with van der Waals surface area (Å²) in [6, 6.07) is 7.35. The van der Waals surface area contributed by atoms with Gasteiger partial charge in [-0.2, -0.15) is 0 Å². The molecule has 1 aromatic carbocycles. The maximum atomic E-state index is 12.0. The Bertz CT molecular complexity index is 926. The molecule has 0 radical (unpaired) electrons. The lowest BCUT2D eigenvalue weighted by atomic mass is 10.1. The summed E-state index contributed by atoms with van der Waals surface area (Å²) in [6.07, 6.45) is 0.753. The molecular formula is C17H16N2O4S. The lowest BCUT2D eigenvalue weighted by Crippen LogP contribution is -2.05. The van der Waals surface area contributed by atoms with Crippen molar-refractivity contribution in [1.82, 2.24) is 9.38 Å². The van der Waals surface area contributed by atoms with Crippen molar-refractivity contribution in [1.29, 1.82) is 0 Å². The predicted octanol–water partition coefficient (Wildman–Crippen LogP) is 3.37. The molecule has 6 nitrogen and oxygen atoms in total. The number of methoxy groups -OCH3 is 1. The minimum absolute atomic E-state index is 0.300. The van der Waals surface area contributed by atoms with Gasteiger partial charge in [0.25, 0.3) is 0 Å². The number of benzene rings is 1.